The summed E-state index contributed by atoms with van der Waals surface area (Å²) in [6.45, 7) is 0. The number of rotatable bonds is 4. The third-order valence-corrected chi connectivity index (χ3v) is 3.18. The first kappa shape index (κ1) is 13.7. The maximum Gasteiger partial charge on any atom is 0.122 e. The highest BCUT2D eigenvalue weighted by atomic mass is 35.5. The predicted octanol–water partition coefficient (Wildman–Crippen LogP) is 2.17. The molecule has 2 aromatic rings. The molecule has 1 atom stereocenters. The van der Waals surface area contributed by atoms with E-state index in [1.165, 1.54) is 6.20 Å². The van der Waals surface area contributed by atoms with E-state index >= 15 is 0 Å². The molecule has 1 aromatic heterocycles. The van der Waals surface area contributed by atoms with Gasteiger partial charge in [-0.25, -0.2) is 0 Å². The number of aromatic nitrogens is 2. The van der Waals surface area contributed by atoms with Gasteiger partial charge in [-0.05, 0) is 17.7 Å². The molecule has 102 valence electrons. The number of nitrogens with zero attached hydrogens (tertiary/aromatic N) is 2. The van der Waals surface area contributed by atoms with Gasteiger partial charge in [-0.2, -0.15) is 5.10 Å². The lowest BCUT2D eigenvalue weighted by Crippen LogP contribution is -2.07. The molecule has 0 bridgehead atoms. The van der Waals surface area contributed by atoms with E-state index in [4.69, 9.17) is 21.1 Å². The Balaban J connectivity index is 2.46. The van der Waals surface area contributed by atoms with E-state index in [1.807, 2.05) is 0 Å². The summed E-state index contributed by atoms with van der Waals surface area (Å²) in [7, 11) is 4.84. The number of benzene rings is 1. The Hall–Kier alpha value is -1.72. The van der Waals surface area contributed by atoms with Crippen LogP contribution in [-0.2, 0) is 7.05 Å². The first-order valence-electron chi connectivity index (χ1n) is 5.65. The van der Waals surface area contributed by atoms with Crippen molar-refractivity contribution in [3.63, 3.8) is 0 Å². The van der Waals surface area contributed by atoms with Gasteiger partial charge in [0.1, 0.15) is 17.6 Å². The number of hydrogen-bond donors (Lipinski definition) is 1. The van der Waals surface area contributed by atoms with Crippen LogP contribution in [0.5, 0.6) is 11.5 Å². The summed E-state index contributed by atoms with van der Waals surface area (Å²) >= 11 is 6.03. The molecule has 0 aliphatic carbocycles. The van der Waals surface area contributed by atoms with Crippen LogP contribution in [0.3, 0.4) is 0 Å². The van der Waals surface area contributed by atoms with Crippen molar-refractivity contribution in [1.29, 1.82) is 0 Å². The fourth-order valence-electron chi connectivity index (χ4n) is 1.87. The fraction of sp³-hybridized carbons (Fsp3) is 0.308. The highest BCUT2D eigenvalue weighted by Gasteiger charge is 2.19. The molecule has 0 aliphatic heterocycles. The number of aliphatic hydroxyl groups is 1. The van der Waals surface area contributed by atoms with Gasteiger partial charge in [0.05, 0.1) is 31.1 Å². The highest BCUT2D eigenvalue weighted by molar-refractivity contribution is 6.31. The van der Waals surface area contributed by atoms with Gasteiger partial charge in [0, 0.05) is 13.1 Å². The second kappa shape index (κ2) is 5.50. The largest absolute Gasteiger partial charge is 0.497 e. The van der Waals surface area contributed by atoms with E-state index in [0.717, 1.165) is 0 Å². The van der Waals surface area contributed by atoms with Gasteiger partial charge in [0.25, 0.3) is 0 Å². The Bertz CT molecular complexity index is 542. The first-order valence-corrected chi connectivity index (χ1v) is 6.03. The molecule has 0 saturated heterocycles. The minimum atomic E-state index is -0.899. The number of ether oxygens (including phenoxy) is 2. The third-order valence-electron chi connectivity index (χ3n) is 2.89. The molecule has 19 heavy (non-hydrogen) atoms. The molecule has 1 N–H and O–H groups in total. The molecule has 1 unspecified atom stereocenters. The van der Waals surface area contributed by atoms with Crippen molar-refractivity contribution >= 4 is 11.6 Å². The van der Waals surface area contributed by atoms with Gasteiger partial charge < -0.3 is 14.6 Å². The molecule has 0 amide bonds. The van der Waals surface area contributed by atoms with Gasteiger partial charge >= 0.3 is 0 Å². The van der Waals surface area contributed by atoms with Gasteiger partial charge in [-0.1, -0.05) is 11.6 Å². The van der Waals surface area contributed by atoms with Gasteiger partial charge in [-0.3, -0.25) is 4.68 Å². The SMILES string of the molecule is COc1cc(OC)cc(C(O)c2c(Cl)cnn2C)c1. The van der Waals surface area contributed by atoms with Crippen molar-refractivity contribution in [1.82, 2.24) is 9.78 Å². The molecule has 1 heterocycles. The van der Waals surface area contributed by atoms with Crippen LogP contribution in [0.25, 0.3) is 0 Å². The number of halogens is 1. The van der Waals surface area contributed by atoms with Crippen LogP contribution in [0, 0.1) is 0 Å². The summed E-state index contributed by atoms with van der Waals surface area (Å²) in [5, 5.41) is 14.8. The quantitative estimate of drug-likeness (QED) is 0.934. The fourth-order valence-corrected chi connectivity index (χ4v) is 2.14. The topological polar surface area (TPSA) is 56.5 Å². The molecular weight excluding hydrogens is 268 g/mol. The van der Waals surface area contributed by atoms with E-state index in [2.05, 4.69) is 5.10 Å². The summed E-state index contributed by atoms with van der Waals surface area (Å²) in [6, 6.07) is 5.20. The zero-order chi connectivity index (χ0) is 14.0. The van der Waals surface area contributed by atoms with Crippen molar-refractivity contribution in [3.05, 3.63) is 40.7 Å². The molecule has 0 aliphatic rings. The summed E-state index contributed by atoms with van der Waals surface area (Å²) in [4.78, 5) is 0. The summed E-state index contributed by atoms with van der Waals surface area (Å²) in [5.41, 5.74) is 1.15. The van der Waals surface area contributed by atoms with E-state index in [0.29, 0.717) is 27.8 Å². The van der Waals surface area contributed by atoms with Gasteiger partial charge in [0.15, 0.2) is 0 Å². The zero-order valence-corrected chi connectivity index (χ0v) is 11.7. The molecule has 6 heteroatoms. The Morgan fingerprint density at radius 1 is 1.21 bits per heavy atom. The van der Waals surface area contributed by atoms with Crippen LogP contribution in [0.15, 0.2) is 24.4 Å². The number of methoxy groups -OCH3 is 2. The lowest BCUT2D eigenvalue weighted by atomic mass is 10.1. The summed E-state index contributed by atoms with van der Waals surface area (Å²) in [6.07, 6.45) is 0.598. The molecular formula is C13H15ClN2O3. The molecule has 5 nitrogen and oxygen atoms in total. The van der Waals surface area contributed by atoms with Crippen molar-refractivity contribution in [3.8, 4) is 11.5 Å². The standard InChI is InChI=1S/C13H15ClN2O3/c1-16-12(11(14)7-15-16)13(17)8-4-9(18-2)6-10(5-8)19-3/h4-7,13,17H,1-3H3. The van der Waals surface area contributed by atoms with Crippen LogP contribution >= 0.6 is 11.6 Å². The van der Waals surface area contributed by atoms with Crippen LogP contribution in [-0.4, -0.2) is 29.1 Å². The average Bonchev–Trinajstić information content (AvgIpc) is 2.76. The Labute approximate surface area is 116 Å². The van der Waals surface area contributed by atoms with E-state index < -0.39 is 6.10 Å². The smallest absolute Gasteiger partial charge is 0.122 e. The van der Waals surface area contributed by atoms with Crippen molar-refractivity contribution in [2.24, 2.45) is 7.05 Å². The second-order valence-corrected chi connectivity index (χ2v) is 4.46. The first-order chi connectivity index (χ1) is 9.06. The third kappa shape index (κ3) is 2.67. The summed E-state index contributed by atoms with van der Waals surface area (Å²) < 4.78 is 11.9. The number of aliphatic hydroxyl groups excluding tert-OH is 1. The number of aryl methyl sites for hydroxylation is 1. The minimum Gasteiger partial charge on any atom is -0.497 e. The lowest BCUT2D eigenvalue weighted by Gasteiger charge is -2.14. The van der Waals surface area contributed by atoms with E-state index in [9.17, 15) is 5.11 Å². The van der Waals surface area contributed by atoms with Crippen LogP contribution < -0.4 is 9.47 Å². The predicted molar refractivity (Wildman–Crippen MR) is 71.8 cm³/mol. The molecule has 0 saturated carbocycles. The Kier molecular flexibility index (Phi) is 3.97. The van der Waals surface area contributed by atoms with Crippen LogP contribution in [0.4, 0.5) is 0 Å². The van der Waals surface area contributed by atoms with Crippen LogP contribution in [0.1, 0.15) is 17.4 Å². The minimum absolute atomic E-state index is 0.414. The average molecular weight is 283 g/mol. The Morgan fingerprint density at radius 2 is 1.79 bits per heavy atom. The van der Waals surface area contributed by atoms with E-state index in [1.54, 1.807) is 44.1 Å². The van der Waals surface area contributed by atoms with Crippen molar-refractivity contribution in [2.45, 2.75) is 6.10 Å². The lowest BCUT2D eigenvalue weighted by molar-refractivity contribution is 0.209. The molecule has 2 rings (SSSR count). The monoisotopic (exact) mass is 282 g/mol. The molecule has 0 spiro atoms. The maximum atomic E-state index is 10.4. The zero-order valence-electron chi connectivity index (χ0n) is 10.9. The molecule has 0 fully saturated rings. The summed E-state index contributed by atoms with van der Waals surface area (Å²) in [5.74, 6) is 1.21. The highest BCUT2D eigenvalue weighted by Crippen LogP contribution is 2.32. The molecule has 1 aromatic carbocycles. The number of hydrogen-bond acceptors (Lipinski definition) is 4. The van der Waals surface area contributed by atoms with Crippen LogP contribution in [0.2, 0.25) is 5.02 Å². The van der Waals surface area contributed by atoms with Crippen molar-refractivity contribution in [2.75, 3.05) is 14.2 Å². The van der Waals surface area contributed by atoms with E-state index in [-0.39, 0.29) is 0 Å². The van der Waals surface area contributed by atoms with Crippen molar-refractivity contribution < 1.29 is 14.6 Å². The van der Waals surface area contributed by atoms with Gasteiger partial charge in [-0.15, -0.1) is 0 Å². The van der Waals surface area contributed by atoms with Gasteiger partial charge in [0.2, 0.25) is 0 Å². The Morgan fingerprint density at radius 3 is 2.21 bits per heavy atom. The molecule has 0 radical (unpaired) electrons. The normalized spacial score (nSPS) is 12.3. The maximum absolute atomic E-state index is 10.4. The second-order valence-electron chi connectivity index (χ2n) is 4.05.